The van der Waals surface area contributed by atoms with E-state index in [0.717, 1.165) is 17.8 Å². The summed E-state index contributed by atoms with van der Waals surface area (Å²) in [6, 6.07) is 2.47. The maximum Gasteiger partial charge on any atom is 0.417 e. The van der Waals surface area contributed by atoms with Gasteiger partial charge in [0, 0.05) is 11.1 Å². The highest BCUT2D eigenvalue weighted by molar-refractivity contribution is 8.00. The van der Waals surface area contributed by atoms with Gasteiger partial charge in [0.1, 0.15) is 16.9 Å². The Morgan fingerprint density at radius 2 is 1.95 bits per heavy atom. The molecule has 3 nitrogen and oxygen atoms in total. The van der Waals surface area contributed by atoms with Crippen LogP contribution in [0.3, 0.4) is 0 Å². The molecule has 0 saturated carbocycles. The third-order valence-corrected chi connectivity index (χ3v) is 3.70. The topological polar surface area (TPSA) is 53.8 Å². The zero-order chi connectivity index (χ0) is 16.4. The second-order valence-electron chi connectivity index (χ2n) is 5.59. The van der Waals surface area contributed by atoms with Gasteiger partial charge >= 0.3 is 6.18 Å². The van der Waals surface area contributed by atoms with Crippen LogP contribution < -0.4 is 0 Å². The zero-order valence-corrected chi connectivity index (χ0v) is 12.9. The van der Waals surface area contributed by atoms with Crippen molar-refractivity contribution >= 4 is 17.5 Å². The number of halogens is 3. The van der Waals surface area contributed by atoms with Crippen molar-refractivity contribution in [2.24, 2.45) is 0 Å². The third-order valence-electron chi connectivity index (χ3n) is 2.58. The molecule has 0 aromatic carbocycles. The molecule has 0 fully saturated rings. The predicted octanol–water partition coefficient (Wildman–Crippen LogP) is 3.95. The van der Waals surface area contributed by atoms with E-state index in [1.54, 1.807) is 26.8 Å². The summed E-state index contributed by atoms with van der Waals surface area (Å²) in [5, 5.41) is 8.98. The van der Waals surface area contributed by atoms with E-state index in [-0.39, 0.29) is 22.3 Å². The van der Waals surface area contributed by atoms with Gasteiger partial charge in [-0.2, -0.15) is 18.4 Å². The molecule has 0 spiro atoms. The maximum atomic E-state index is 13.1. The summed E-state index contributed by atoms with van der Waals surface area (Å²) in [4.78, 5) is 15.2. The summed E-state index contributed by atoms with van der Waals surface area (Å²) >= 11 is 0.857. The summed E-state index contributed by atoms with van der Waals surface area (Å²) in [6.45, 7) is 6.54. The minimum absolute atomic E-state index is 0.0213. The SMILES string of the molecule is CC(=O)CSc1nc(C(C)(C)C)cc(C(F)(F)F)c1C#N. The molecule has 0 radical (unpaired) electrons. The van der Waals surface area contributed by atoms with Crippen LogP contribution in [0.25, 0.3) is 0 Å². The molecular weight excluding hydrogens is 301 g/mol. The molecule has 0 saturated heterocycles. The van der Waals surface area contributed by atoms with Crippen molar-refractivity contribution < 1.29 is 18.0 Å². The lowest BCUT2D eigenvalue weighted by Gasteiger charge is -2.21. The van der Waals surface area contributed by atoms with Crippen LogP contribution >= 0.6 is 11.8 Å². The van der Waals surface area contributed by atoms with Gasteiger partial charge in [-0.15, -0.1) is 0 Å². The van der Waals surface area contributed by atoms with Crippen molar-refractivity contribution in [1.82, 2.24) is 4.98 Å². The van der Waals surface area contributed by atoms with Gasteiger partial charge in [0.05, 0.1) is 16.9 Å². The van der Waals surface area contributed by atoms with E-state index < -0.39 is 22.7 Å². The van der Waals surface area contributed by atoms with E-state index in [1.807, 2.05) is 0 Å². The van der Waals surface area contributed by atoms with Crippen LogP contribution in [-0.4, -0.2) is 16.5 Å². The molecule has 0 aliphatic rings. The molecule has 0 unspecified atom stereocenters. The average Bonchev–Trinajstić information content (AvgIpc) is 2.32. The minimum Gasteiger partial charge on any atom is -0.299 e. The van der Waals surface area contributed by atoms with Crippen LogP contribution in [-0.2, 0) is 16.4 Å². The molecule has 1 heterocycles. The van der Waals surface area contributed by atoms with E-state index in [4.69, 9.17) is 5.26 Å². The lowest BCUT2D eigenvalue weighted by Crippen LogP contribution is -2.18. The Bertz CT molecular complexity index is 598. The number of rotatable bonds is 3. The number of carbonyl (C=O) groups is 1. The largest absolute Gasteiger partial charge is 0.417 e. The molecule has 1 aromatic heterocycles. The molecule has 0 aliphatic heterocycles. The number of pyridine rings is 1. The zero-order valence-electron chi connectivity index (χ0n) is 12.1. The standard InChI is InChI=1S/C14H15F3N2OS/c1-8(20)7-21-12-9(6-18)10(14(15,16)17)5-11(19-12)13(2,3)4/h5H,7H2,1-4H3. The first kappa shape index (κ1) is 17.5. The Labute approximate surface area is 125 Å². The molecule has 0 atom stereocenters. The highest BCUT2D eigenvalue weighted by atomic mass is 32.2. The van der Waals surface area contributed by atoms with E-state index in [9.17, 15) is 18.0 Å². The van der Waals surface area contributed by atoms with E-state index >= 15 is 0 Å². The van der Waals surface area contributed by atoms with E-state index in [1.165, 1.54) is 6.92 Å². The predicted molar refractivity (Wildman–Crippen MR) is 74.1 cm³/mol. The third kappa shape index (κ3) is 4.46. The summed E-state index contributed by atoms with van der Waals surface area (Å²) in [6.07, 6.45) is -4.64. The second-order valence-corrected chi connectivity index (χ2v) is 6.55. The van der Waals surface area contributed by atoms with Crippen molar-refractivity contribution in [3.05, 3.63) is 22.9 Å². The van der Waals surface area contributed by atoms with Crippen LogP contribution in [0.1, 0.15) is 44.5 Å². The summed E-state index contributed by atoms with van der Waals surface area (Å²) in [7, 11) is 0. The number of nitriles is 1. The van der Waals surface area contributed by atoms with Crippen molar-refractivity contribution in [2.45, 2.75) is 44.3 Å². The van der Waals surface area contributed by atoms with Crippen LogP contribution in [0.4, 0.5) is 13.2 Å². The number of carbonyl (C=O) groups excluding carboxylic acids is 1. The van der Waals surface area contributed by atoms with Gasteiger partial charge in [-0.3, -0.25) is 4.79 Å². The fourth-order valence-corrected chi connectivity index (χ4v) is 2.31. The fourth-order valence-electron chi connectivity index (χ4n) is 1.51. The molecule has 114 valence electrons. The van der Waals surface area contributed by atoms with Gasteiger partial charge in [0.25, 0.3) is 0 Å². The van der Waals surface area contributed by atoms with Gasteiger partial charge in [-0.25, -0.2) is 4.98 Å². The number of Topliss-reactive ketones (excluding diaryl/α,β-unsaturated/α-hetero) is 1. The number of alkyl halides is 3. The minimum atomic E-state index is -4.64. The molecule has 1 rings (SSSR count). The van der Waals surface area contributed by atoms with Gasteiger partial charge in [-0.05, 0) is 13.0 Å². The molecular formula is C14H15F3N2OS. The number of hydrogen-bond acceptors (Lipinski definition) is 4. The summed E-state index contributed by atoms with van der Waals surface area (Å²) < 4.78 is 39.4. The van der Waals surface area contributed by atoms with E-state index in [2.05, 4.69) is 4.98 Å². The molecule has 7 heteroatoms. The van der Waals surface area contributed by atoms with Gasteiger partial charge < -0.3 is 0 Å². The molecule has 0 aliphatic carbocycles. The van der Waals surface area contributed by atoms with Crippen LogP contribution in [0, 0.1) is 11.3 Å². The first-order valence-electron chi connectivity index (χ1n) is 6.12. The Morgan fingerprint density at radius 1 is 1.38 bits per heavy atom. The number of nitrogens with zero attached hydrogens (tertiary/aromatic N) is 2. The maximum absolute atomic E-state index is 13.1. The Balaban J connectivity index is 3.53. The normalized spacial score (nSPS) is 12.1. The fraction of sp³-hybridized carbons (Fsp3) is 0.500. The Morgan fingerprint density at radius 3 is 2.33 bits per heavy atom. The van der Waals surface area contributed by atoms with Gasteiger partial charge in [0.2, 0.25) is 0 Å². The summed E-state index contributed by atoms with van der Waals surface area (Å²) in [5.41, 5.74) is -1.89. The molecule has 1 aromatic rings. The van der Waals surface area contributed by atoms with Crippen molar-refractivity contribution in [3.63, 3.8) is 0 Å². The van der Waals surface area contributed by atoms with Crippen molar-refractivity contribution in [1.29, 1.82) is 5.26 Å². The quantitative estimate of drug-likeness (QED) is 0.792. The average molecular weight is 316 g/mol. The Hall–Kier alpha value is -1.55. The first-order chi connectivity index (χ1) is 9.46. The van der Waals surface area contributed by atoms with Crippen LogP contribution in [0.5, 0.6) is 0 Å². The van der Waals surface area contributed by atoms with Crippen LogP contribution in [0.2, 0.25) is 0 Å². The van der Waals surface area contributed by atoms with Crippen LogP contribution in [0.15, 0.2) is 11.1 Å². The number of thioether (sulfide) groups is 1. The number of ketones is 1. The monoisotopic (exact) mass is 316 g/mol. The molecule has 0 bridgehead atoms. The van der Waals surface area contributed by atoms with Crippen molar-refractivity contribution in [3.8, 4) is 6.07 Å². The lowest BCUT2D eigenvalue weighted by molar-refractivity contribution is -0.138. The van der Waals surface area contributed by atoms with Gasteiger partial charge in [0.15, 0.2) is 0 Å². The molecule has 0 amide bonds. The first-order valence-corrected chi connectivity index (χ1v) is 7.10. The second kappa shape index (κ2) is 6.06. The highest BCUT2D eigenvalue weighted by Crippen LogP contribution is 2.37. The van der Waals surface area contributed by atoms with E-state index in [0.29, 0.717) is 0 Å². The molecule has 21 heavy (non-hydrogen) atoms. The number of hydrogen-bond donors (Lipinski definition) is 0. The summed E-state index contributed by atoms with van der Waals surface area (Å²) in [5.74, 6) is -0.215. The highest BCUT2D eigenvalue weighted by Gasteiger charge is 2.37. The lowest BCUT2D eigenvalue weighted by atomic mass is 9.90. The van der Waals surface area contributed by atoms with Gasteiger partial charge in [-0.1, -0.05) is 32.5 Å². The van der Waals surface area contributed by atoms with Crippen molar-refractivity contribution in [2.75, 3.05) is 5.75 Å². The number of aromatic nitrogens is 1. The Kier molecular flexibility index (Phi) is 5.05. The molecule has 0 N–H and O–H groups in total. The smallest absolute Gasteiger partial charge is 0.299 e.